The molecule has 2 aromatic carbocycles. The number of pyridine rings is 1. The van der Waals surface area contributed by atoms with Crippen LogP contribution in [0.2, 0.25) is 5.02 Å². The molecule has 0 bridgehead atoms. The van der Waals surface area contributed by atoms with E-state index in [1.54, 1.807) is 12.1 Å². The molecule has 0 aliphatic heterocycles. The maximum absolute atomic E-state index is 14.3. The topological polar surface area (TPSA) is 24.9 Å². The Kier molecular flexibility index (Phi) is 6.24. The van der Waals surface area contributed by atoms with Gasteiger partial charge in [-0.25, -0.2) is 4.39 Å². The number of nitrogens with zero attached hydrogens (tertiary/aromatic N) is 1. The Bertz CT molecular complexity index is 959. The Labute approximate surface area is 171 Å². The molecule has 1 aromatic heterocycles. The third-order valence-electron chi connectivity index (χ3n) is 4.67. The highest BCUT2D eigenvalue weighted by molar-refractivity contribution is 6.30. The van der Waals surface area contributed by atoms with Gasteiger partial charge in [0.2, 0.25) is 0 Å². The van der Waals surface area contributed by atoms with Crippen molar-refractivity contribution in [3.05, 3.63) is 100 Å². The molecular formula is C22H19ClF4N2. The highest BCUT2D eigenvalue weighted by Crippen LogP contribution is 2.37. The maximum Gasteiger partial charge on any atom is 0.416 e. The van der Waals surface area contributed by atoms with Crippen LogP contribution in [0.4, 0.5) is 17.6 Å². The van der Waals surface area contributed by atoms with Gasteiger partial charge in [0.15, 0.2) is 0 Å². The number of rotatable bonds is 6. The molecule has 2 nitrogen and oxygen atoms in total. The van der Waals surface area contributed by atoms with Crippen molar-refractivity contribution in [1.29, 1.82) is 0 Å². The molecule has 7 heteroatoms. The van der Waals surface area contributed by atoms with E-state index in [0.29, 0.717) is 23.3 Å². The second-order valence-electron chi connectivity index (χ2n) is 6.69. The molecule has 152 valence electrons. The van der Waals surface area contributed by atoms with Gasteiger partial charge in [-0.05, 0) is 48.0 Å². The zero-order chi connectivity index (χ0) is 21.1. The lowest BCUT2D eigenvalue weighted by Crippen LogP contribution is -2.46. The van der Waals surface area contributed by atoms with Gasteiger partial charge in [0.25, 0.3) is 0 Å². The molecule has 0 saturated heterocycles. The fourth-order valence-electron chi connectivity index (χ4n) is 3.43. The third-order valence-corrected chi connectivity index (χ3v) is 4.90. The quantitative estimate of drug-likeness (QED) is 0.493. The van der Waals surface area contributed by atoms with Gasteiger partial charge in [-0.3, -0.25) is 4.98 Å². The van der Waals surface area contributed by atoms with E-state index in [9.17, 15) is 17.6 Å². The Morgan fingerprint density at radius 2 is 1.66 bits per heavy atom. The first kappa shape index (κ1) is 21.3. The van der Waals surface area contributed by atoms with Crippen LogP contribution in [0.25, 0.3) is 0 Å². The largest absolute Gasteiger partial charge is 0.416 e. The van der Waals surface area contributed by atoms with Crippen molar-refractivity contribution in [3.8, 4) is 0 Å². The average Bonchev–Trinajstić information content (AvgIpc) is 2.68. The molecule has 1 N–H and O–H groups in total. The molecule has 0 radical (unpaired) electrons. The van der Waals surface area contributed by atoms with Crippen molar-refractivity contribution in [1.82, 2.24) is 10.3 Å². The van der Waals surface area contributed by atoms with Crippen LogP contribution < -0.4 is 5.32 Å². The second kappa shape index (κ2) is 8.51. The van der Waals surface area contributed by atoms with Crippen LogP contribution in [-0.2, 0) is 18.1 Å². The molecule has 3 rings (SSSR count). The predicted molar refractivity (Wildman–Crippen MR) is 105 cm³/mol. The number of aromatic nitrogens is 1. The van der Waals surface area contributed by atoms with Crippen LogP contribution in [0.1, 0.15) is 29.3 Å². The van der Waals surface area contributed by atoms with E-state index in [-0.39, 0.29) is 12.0 Å². The summed E-state index contributed by atoms with van der Waals surface area (Å²) >= 11 is 5.96. The summed E-state index contributed by atoms with van der Waals surface area (Å²) in [5, 5.41) is 3.66. The third kappa shape index (κ3) is 4.77. The zero-order valence-electron chi connectivity index (χ0n) is 15.6. The van der Waals surface area contributed by atoms with Crippen LogP contribution in [0.15, 0.2) is 66.9 Å². The van der Waals surface area contributed by atoms with E-state index >= 15 is 0 Å². The molecular weight excluding hydrogens is 404 g/mol. The molecule has 1 unspecified atom stereocenters. The van der Waals surface area contributed by atoms with E-state index < -0.39 is 23.1 Å². The van der Waals surface area contributed by atoms with Crippen LogP contribution in [0, 0.1) is 5.82 Å². The van der Waals surface area contributed by atoms with Crippen LogP contribution in [-0.4, -0.2) is 11.5 Å². The van der Waals surface area contributed by atoms with Gasteiger partial charge in [-0.1, -0.05) is 48.9 Å². The highest BCUT2D eigenvalue weighted by atomic mass is 35.5. The first-order valence-electron chi connectivity index (χ1n) is 9.04. The molecule has 0 aliphatic carbocycles. The van der Waals surface area contributed by atoms with Gasteiger partial charge >= 0.3 is 6.18 Å². The normalized spacial score (nSPS) is 13.9. The van der Waals surface area contributed by atoms with E-state index in [4.69, 9.17) is 11.6 Å². The SMILES string of the molecule is CCNC(Cc1ccccc1)(c1cc(F)cc(C(F)(F)F)c1)c1ccc(Cl)cn1. The van der Waals surface area contributed by atoms with Crippen molar-refractivity contribution in [2.24, 2.45) is 0 Å². The fourth-order valence-corrected chi connectivity index (χ4v) is 3.54. The van der Waals surface area contributed by atoms with Gasteiger partial charge in [0, 0.05) is 12.6 Å². The Hall–Kier alpha value is -2.44. The zero-order valence-corrected chi connectivity index (χ0v) is 16.4. The smallest absolute Gasteiger partial charge is 0.302 e. The van der Waals surface area contributed by atoms with Gasteiger partial charge in [-0.15, -0.1) is 0 Å². The van der Waals surface area contributed by atoms with Crippen molar-refractivity contribution in [2.75, 3.05) is 6.54 Å². The summed E-state index contributed by atoms with van der Waals surface area (Å²) in [6, 6.07) is 15.1. The van der Waals surface area contributed by atoms with E-state index in [2.05, 4.69) is 10.3 Å². The Morgan fingerprint density at radius 3 is 2.24 bits per heavy atom. The van der Waals surface area contributed by atoms with Gasteiger partial charge in [0.05, 0.1) is 21.8 Å². The first-order chi connectivity index (χ1) is 13.7. The lowest BCUT2D eigenvalue weighted by atomic mass is 9.79. The summed E-state index contributed by atoms with van der Waals surface area (Å²) in [5.74, 6) is -0.959. The Morgan fingerprint density at radius 1 is 0.966 bits per heavy atom. The number of likely N-dealkylation sites (N-methyl/N-ethyl adjacent to an activating group) is 1. The van der Waals surface area contributed by atoms with Gasteiger partial charge < -0.3 is 5.32 Å². The van der Waals surface area contributed by atoms with Crippen molar-refractivity contribution < 1.29 is 17.6 Å². The molecule has 0 amide bonds. The number of halogens is 5. The maximum atomic E-state index is 14.3. The first-order valence-corrected chi connectivity index (χ1v) is 9.41. The fraction of sp³-hybridized carbons (Fsp3) is 0.227. The summed E-state index contributed by atoms with van der Waals surface area (Å²) in [6.45, 7) is 2.26. The predicted octanol–water partition coefficient (Wildman–Crippen LogP) is 5.99. The monoisotopic (exact) mass is 422 g/mol. The minimum atomic E-state index is -4.67. The van der Waals surface area contributed by atoms with Crippen molar-refractivity contribution in [2.45, 2.75) is 25.1 Å². The van der Waals surface area contributed by atoms with Crippen LogP contribution in [0.3, 0.4) is 0 Å². The lowest BCUT2D eigenvalue weighted by Gasteiger charge is -2.36. The van der Waals surface area contributed by atoms with E-state index in [1.165, 1.54) is 6.20 Å². The minimum absolute atomic E-state index is 0.144. The molecule has 1 atom stereocenters. The van der Waals surface area contributed by atoms with Crippen LogP contribution >= 0.6 is 11.6 Å². The van der Waals surface area contributed by atoms with Gasteiger partial charge in [-0.2, -0.15) is 13.2 Å². The number of hydrogen-bond acceptors (Lipinski definition) is 2. The number of benzene rings is 2. The van der Waals surface area contributed by atoms with Crippen molar-refractivity contribution >= 4 is 11.6 Å². The highest BCUT2D eigenvalue weighted by Gasteiger charge is 2.39. The molecule has 29 heavy (non-hydrogen) atoms. The second-order valence-corrected chi connectivity index (χ2v) is 7.12. The molecule has 0 saturated carbocycles. The van der Waals surface area contributed by atoms with Crippen molar-refractivity contribution in [3.63, 3.8) is 0 Å². The molecule has 0 fully saturated rings. The van der Waals surface area contributed by atoms with E-state index in [1.807, 2.05) is 37.3 Å². The van der Waals surface area contributed by atoms with Crippen LogP contribution in [0.5, 0.6) is 0 Å². The van der Waals surface area contributed by atoms with Gasteiger partial charge in [0.1, 0.15) is 5.82 Å². The molecule has 0 aliphatic rings. The number of hydrogen-bond donors (Lipinski definition) is 1. The summed E-state index contributed by atoms with van der Waals surface area (Å²) < 4.78 is 54.4. The molecule has 3 aromatic rings. The summed E-state index contributed by atoms with van der Waals surface area (Å²) in [7, 11) is 0. The Balaban J connectivity index is 2.26. The van der Waals surface area contributed by atoms with E-state index in [0.717, 1.165) is 17.7 Å². The number of alkyl halides is 3. The lowest BCUT2D eigenvalue weighted by molar-refractivity contribution is -0.137. The standard InChI is InChI=1S/C22H19ClF4N2/c1-2-29-21(13-15-6-4-3-5-7-15,20-9-8-18(23)14-28-20)16-10-17(22(25,26)27)12-19(24)11-16/h3-12,14,29H,2,13H2,1H3. The molecule has 0 spiro atoms. The average molecular weight is 423 g/mol. The summed E-state index contributed by atoms with van der Waals surface area (Å²) in [6.07, 6.45) is -2.97. The minimum Gasteiger partial charge on any atom is -0.302 e. The summed E-state index contributed by atoms with van der Waals surface area (Å²) in [5.41, 5.74) is -0.764. The number of nitrogens with one attached hydrogen (secondary N) is 1. The molecule has 1 heterocycles. The summed E-state index contributed by atoms with van der Waals surface area (Å²) in [4.78, 5) is 4.37.